The van der Waals surface area contributed by atoms with E-state index in [1.54, 1.807) is 30.3 Å². The third kappa shape index (κ3) is 3.13. The van der Waals surface area contributed by atoms with Crippen LogP contribution in [0.4, 0.5) is 17.2 Å². The van der Waals surface area contributed by atoms with E-state index < -0.39 is 11.7 Å². The average molecular weight is 384 g/mol. The van der Waals surface area contributed by atoms with E-state index in [1.165, 1.54) is 29.3 Å². The summed E-state index contributed by atoms with van der Waals surface area (Å²) in [5, 5.41) is 24.1. The number of nitrogens with zero attached hydrogens (tertiary/aromatic N) is 7. The highest BCUT2D eigenvalue weighted by Gasteiger charge is 2.18. The zero-order valence-corrected chi connectivity index (χ0v) is 14.8. The highest BCUT2D eigenvalue weighted by atomic mass is 16.3. The molecule has 0 saturated carbocycles. The molecule has 0 radical (unpaired) electrons. The smallest absolute Gasteiger partial charge is 0.252 e. The standard InChI is InChI=1S/C19H12N8O2/c1-21-14-10-24-27(19-22-7-4-8-23-19)18(14)26-25-15-12-6-3-2-5-11(12)9-13(16(15)28)17(20)29/h2-10,28H,(H2,20,29)/b26-25+. The molecule has 2 heterocycles. The maximum absolute atomic E-state index is 11.7. The van der Waals surface area contributed by atoms with Crippen molar-refractivity contribution in [3.8, 4) is 11.7 Å². The zero-order valence-electron chi connectivity index (χ0n) is 14.8. The number of azo groups is 1. The number of benzene rings is 2. The molecule has 0 spiro atoms. The maximum atomic E-state index is 11.7. The Balaban J connectivity index is 1.91. The predicted octanol–water partition coefficient (Wildman–Crippen LogP) is 3.59. The van der Waals surface area contributed by atoms with Crippen molar-refractivity contribution in [2.75, 3.05) is 0 Å². The number of aromatic hydroxyl groups is 1. The Labute approximate surface area is 163 Å². The molecule has 0 aliphatic rings. The van der Waals surface area contributed by atoms with Gasteiger partial charge in [0.15, 0.2) is 11.6 Å². The van der Waals surface area contributed by atoms with Gasteiger partial charge in [-0.25, -0.2) is 14.8 Å². The molecule has 140 valence electrons. The zero-order chi connectivity index (χ0) is 20.4. The SMILES string of the molecule is [C-]#[N+]c1cnn(-c2ncccn2)c1/N=N/c1c(O)c(C(N)=O)cc2ccccc12. The third-order valence-corrected chi connectivity index (χ3v) is 4.09. The van der Waals surface area contributed by atoms with E-state index in [0.717, 1.165) is 0 Å². The van der Waals surface area contributed by atoms with Gasteiger partial charge in [-0.2, -0.15) is 9.78 Å². The number of rotatable bonds is 4. The summed E-state index contributed by atoms with van der Waals surface area (Å²) < 4.78 is 1.26. The molecule has 0 aliphatic carbocycles. The molecule has 0 atom stereocenters. The molecule has 4 aromatic rings. The summed E-state index contributed by atoms with van der Waals surface area (Å²) in [7, 11) is 0. The van der Waals surface area contributed by atoms with Crippen LogP contribution in [-0.2, 0) is 0 Å². The largest absolute Gasteiger partial charge is 0.505 e. The second kappa shape index (κ2) is 7.16. The minimum absolute atomic E-state index is 0.0505. The van der Waals surface area contributed by atoms with E-state index in [0.29, 0.717) is 10.8 Å². The highest BCUT2D eigenvalue weighted by molar-refractivity contribution is 6.06. The van der Waals surface area contributed by atoms with Crippen molar-refractivity contribution in [1.82, 2.24) is 19.7 Å². The van der Waals surface area contributed by atoms with Gasteiger partial charge in [-0.1, -0.05) is 24.3 Å². The van der Waals surface area contributed by atoms with Crippen LogP contribution in [0, 0.1) is 6.57 Å². The Bertz CT molecular complexity index is 1310. The molecule has 10 heteroatoms. The second-order valence-corrected chi connectivity index (χ2v) is 5.83. The first kappa shape index (κ1) is 17.7. The predicted molar refractivity (Wildman–Crippen MR) is 104 cm³/mol. The number of carbonyl (C=O) groups is 1. The van der Waals surface area contributed by atoms with Crippen molar-refractivity contribution < 1.29 is 9.90 Å². The summed E-state index contributed by atoms with van der Waals surface area (Å²) in [6.07, 6.45) is 4.37. The summed E-state index contributed by atoms with van der Waals surface area (Å²) in [6, 6.07) is 10.2. The van der Waals surface area contributed by atoms with Gasteiger partial charge < -0.3 is 10.8 Å². The first-order valence-electron chi connectivity index (χ1n) is 8.29. The van der Waals surface area contributed by atoms with E-state index in [2.05, 4.69) is 30.1 Å². The van der Waals surface area contributed by atoms with Gasteiger partial charge in [-0.15, -0.1) is 10.2 Å². The first-order chi connectivity index (χ1) is 14.1. The van der Waals surface area contributed by atoms with E-state index in [4.69, 9.17) is 12.3 Å². The van der Waals surface area contributed by atoms with Gasteiger partial charge in [0.25, 0.3) is 17.5 Å². The van der Waals surface area contributed by atoms with Crippen LogP contribution >= 0.6 is 0 Å². The van der Waals surface area contributed by atoms with Crippen LogP contribution in [0.3, 0.4) is 0 Å². The van der Waals surface area contributed by atoms with Gasteiger partial charge in [0, 0.05) is 17.8 Å². The van der Waals surface area contributed by atoms with Crippen LogP contribution in [0.2, 0.25) is 0 Å². The minimum atomic E-state index is -0.797. The normalized spacial score (nSPS) is 11.0. The summed E-state index contributed by atoms with van der Waals surface area (Å²) >= 11 is 0. The van der Waals surface area contributed by atoms with Gasteiger partial charge >= 0.3 is 0 Å². The molecule has 3 N–H and O–H groups in total. The topological polar surface area (TPSA) is 136 Å². The maximum Gasteiger partial charge on any atom is 0.252 e. The van der Waals surface area contributed by atoms with Crippen LogP contribution in [-0.4, -0.2) is 30.8 Å². The van der Waals surface area contributed by atoms with Gasteiger partial charge in [0.05, 0.1) is 18.3 Å². The van der Waals surface area contributed by atoms with Gasteiger partial charge in [0.1, 0.15) is 5.69 Å². The van der Waals surface area contributed by atoms with Crippen molar-refractivity contribution in [2.45, 2.75) is 0 Å². The Morgan fingerprint density at radius 1 is 1.17 bits per heavy atom. The van der Waals surface area contributed by atoms with E-state index in [-0.39, 0.29) is 28.7 Å². The Kier molecular flexibility index (Phi) is 4.38. The quantitative estimate of drug-likeness (QED) is 0.409. The molecule has 0 unspecified atom stereocenters. The van der Waals surface area contributed by atoms with E-state index >= 15 is 0 Å². The number of primary amides is 1. The van der Waals surface area contributed by atoms with Gasteiger partial charge in [-0.3, -0.25) is 4.79 Å². The lowest BCUT2D eigenvalue weighted by Crippen LogP contribution is -2.11. The molecular formula is C19H12N8O2. The molecule has 0 saturated heterocycles. The lowest BCUT2D eigenvalue weighted by molar-refractivity contribution is 0.0998. The first-order valence-corrected chi connectivity index (χ1v) is 8.29. The van der Waals surface area contributed by atoms with Crippen molar-refractivity contribution in [3.63, 3.8) is 0 Å². The Morgan fingerprint density at radius 3 is 2.66 bits per heavy atom. The number of fused-ring (bicyclic) bond motifs is 1. The molecule has 1 amide bonds. The number of phenols is 1. The average Bonchev–Trinajstić information content (AvgIpc) is 3.16. The van der Waals surface area contributed by atoms with E-state index in [9.17, 15) is 9.90 Å². The summed E-state index contributed by atoms with van der Waals surface area (Å²) in [4.78, 5) is 23.3. The minimum Gasteiger partial charge on any atom is -0.505 e. The number of nitrogens with two attached hydrogens (primary N) is 1. The number of amides is 1. The summed E-state index contributed by atoms with van der Waals surface area (Å²) in [6.45, 7) is 7.33. The van der Waals surface area contributed by atoms with Crippen molar-refractivity contribution in [2.24, 2.45) is 16.0 Å². The van der Waals surface area contributed by atoms with Crippen molar-refractivity contribution in [1.29, 1.82) is 0 Å². The molecule has 0 bridgehead atoms. The van der Waals surface area contributed by atoms with Crippen LogP contribution in [0.25, 0.3) is 21.6 Å². The van der Waals surface area contributed by atoms with Crippen molar-refractivity contribution >= 4 is 33.9 Å². The monoisotopic (exact) mass is 384 g/mol. The second-order valence-electron chi connectivity index (χ2n) is 5.83. The number of hydrogen-bond acceptors (Lipinski definition) is 7. The van der Waals surface area contributed by atoms with Gasteiger partial charge in [0.2, 0.25) is 0 Å². The number of carbonyl (C=O) groups excluding carboxylic acids is 1. The van der Waals surface area contributed by atoms with Crippen LogP contribution in [0.15, 0.2) is 65.2 Å². The van der Waals surface area contributed by atoms with Crippen LogP contribution in [0.1, 0.15) is 10.4 Å². The Morgan fingerprint density at radius 2 is 1.93 bits per heavy atom. The lowest BCUT2D eigenvalue weighted by atomic mass is 10.0. The van der Waals surface area contributed by atoms with Crippen molar-refractivity contribution in [3.05, 3.63) is 72.0 Å². The molecule has 29 heavy (non-hydrogen) atoms. The molecule has 4 rings (SSSR count). The summed E-state index contributed by atoms with van der Waals surface area (Å²) in [5.74, 6) is -0.906. The molecule has 2 aromatic carbocycles. The van der Waals surface area contributed by atoms with Crippen LogP contribution < -0.4 is 5.73 Å². The highest BCUT2D eigenvalue weighted by Crippen LogP contribution is 2.40. The third-order valence-electron chi connectivity index (χ3n) is 4.09. The fourth-order valence-electron chi connectivity index (χ4n) is 2.76. The molecular weight excluding hydrogens is 372 g/mol. The molecule has 10 nitrogen and oxygen atoms in total. The number of hydrogen-bond donors (Lipinski definition) is 2. The summed E-state index contributed by atoms with van der Waals surface area (Å²) in [5.41, 5.74) is 5.46. The van der Waals surface area contributed by atoms with Crippen LogP contribution in [0.5, 0.6) is 5.75 Å². The Hall–Kier alpha value is -4.65. The lowest BCUT2D eigenvalue weighted by Gasteiger charge is -2.08. The fraction of sp³-hybridized carbons (Fsp3) is 0. The molecule has 0 fully saturated rings. The fourth-order valence-corrected chi connectivity index (χ4v) is 2.76. The van der Waals surface area contributed by atoms with Gasteiger partial charge in [-0.05, 0) is 17.5 Å². The van der Waals surface area contributed by atoms with E-state index in [1.807, 2.05) is 0 Å². The molecule has 2 aromatic heterocycles. The number of aromatic nitrogens is 4. The molecule has 0 aliphatic heterocycles.